The average Bonchev–Trinajstić information content (AvgIpc) is 2.37. The van der Waals surface area contributed by atoms with Crippen molar-refractivity contribution in [1.29, 1.82) is 0 Å². The van der Waals surface area contributed by atoms with Gasteiger partial charge in [0.25, 0.3) is 0 Å². The Morgan fingerprint density at radius 1 is 1.50 bits per heavy atom. The van der Waals surface area contributed by atoms with E-state index in [0.29, 0.717) is 11.6 Å². The van der Waals surface area contributed by atoms with E-state index in [1.807, 2.05) is 4.90 Å². The van der Waals surface area contributed by atoms with Crippen LogP contribution in [0.15, 0.2) is 18.2 Å². The number of anilines is 1. The molecule has 0 saturated carbocycles. The molecule has 1 fully saturated rings. The number of rotatable bonds is 4. The van der Waals surface area contributed by atoms with Crippen LogP contribution in [0.2, 0.25) is 0 Å². The van der Waals surface area contributed by atoms with Gasteiger partial charge in [-0.25, -0.2) is 0 Å². The van der Waals surface area contributed by atoms with Gasteiger partial charge in [0.2, 0.25) is 5.75 Å². The summed E-state index contributed by atoms with van der Waals surface area (Å²) >= 11 is 0. The van der Waals surface area contributed by atoms with Crippen LogP contribution in [0.1, 0.15) is 19.8 Å². The van der Waals surface area contributed by atoms with Crippen molar-refractivity contribution in [1.82, 2.24) is 0 Å². The lowest BCUT2D eigenvalue weighted by atomic mass is 10.00. The summed E-state index contributed by atoms with van der Waals surface area (Å²) < 4.78 is 28.9. The third-order valence-electron chi connectivity index (χ3n) is 3.38. The first-order valence-corrected chi connectivity index (χ1v) is 6.45. The predicted molar refractivity (Wildman–Crippen MR) is 70.3 cm³/mol. The van der Waals surface area contributed by atoms with E-state index in [4.69, 9.17) is 0 Å². The normalized spacial score (nSPS) is 19.2. The molecule has 110 valence electrons. The van der Waals surface area contributed by atoms with Crippen LogP contribution in [0.5, 0.6) is 5.75 Å². The molecular formula is C13H16F2N2O3. The third-order valence-corrected chi connectivity index (χ3v) is 3.38. The fourth-order valence-electron chi connectivity index (χ4n) is 2.46. The number of piperidine rings is 1. The summed E-state index contributed by atoms with van der Waals surface area (Å²) in [5.41, 5.74) is 0.233. The SMILES string of the molecule is CC1CCCN(c2ccc([N+](=O)[O-])c(OC(F)F)c2)C1. The summed E-state index contributed by atoms with van der Waals surface area (Å²) in [6, 6.07) is 4.11. The molecule has 5 nitrogen and oxygen atoms in total. The lowest BCUT2D eigenvalue weighted by Gasteiger charge is -2.32. The van der Waals surface area contributed by atoms with Crippen molar-refractivity contribution in [2.75, 3.05) is 18.0 Å². The van der Waals surface area contributed by atoms with Crippen molar-refractivity contribution in [3.63, 3.8) is 0 Å². The van der Waals surface area contributed by atoms with Crippen LogP contribution in [0.25, 0.3) is 0 Å². The van der Waals surface area contributed by atoms with E-state index in [9.17, 15) is 18.9 Å². The smallest absolute Gasteiger partial charge is 0.387 e. The van der Waals surface area contributed by atoms with Gasteiger partial charge in [-0.1, -0.05) is 6.92 Å². The van der Waals surface area contributed by atoms with Crippen molar-refractivity contribution in [3.05, 3.63) is 28.3 Å². The molecule has 0 aliphatic carbocycles. The Labute approximate surface area is 115 Å². The highest BCUT2D eigenvalue weighted by Crippen LogP contribution is 2.34. The average molecular weight is 286 g/mol. The molecule has 0 N–H and O–H groups in total. The van der Waals surface area contributed by atoms with Gasteiger partial charge in [-0.3, -0.25) is 10.1 Å². The molecular weight excluding hydrogens is 270 g/mol. The van der Waals surface area contributed by atoms with Crippen LogP contribution in [-0.2, 0) is 0 Å². The van der Waals surface area contributed by atoms with Crippen molar-refractivity contribution < 1.29 is 18.4 Å². The topological polar surface area (TPSA) is 55.6 Å². The summed E-state index contributed by atoms with van der Waals surface area (Å²) in [6.07, 6.45) is 2.15. The molecule has 1 aromatic carbocycles. The van der Waals surface area contributed by atoms with Crippen LogP contribution in [0.4, 0.5) is 20.2 Å². The molecule has 0 radical (unpaired) electrons. The van der Waals surface area contributed by atoms with Gasteiger partial charge in [0, 0.05) is 30.9 Å². The molecule has 0 spiro atoms. The fourth-order valence-corrected chi connectivity index (χ4v) is 2.46. The first-order chi connectivity index (χ1) is 9.47. The zero-order valence-corrected chi connectivity index (χ0v) is 11.1. The molecule has 0 aromatic heterocycles. The minimum atomic E-state index is -3.08. The lowest BCUT2D eigenvalue weighted by molar-refractivity contribution is -0.386. The van der Waals surface area contributed by atoms with E-state index in [2.05, 4.69) is 11.7 Å². The highest BCUT2D eigenvalue weighted by molar-refractivity contribution is 5.59. The number of halogens is 2. The maximum atomic E-state index is 12.3. The van der Waals surface area contributed by atoms with Gasteiger partial charge in [-0.15, -0.1) is 0 Å². The summed E-state index contributed by atoms with van der Waals surface area (Å²) in [7, 11) is 0. The summed E-state index contributed by atoms with van der Waals surface area (Å²) in [5.74, 6) is 0.124. The van der Waals surface area contributed by atoms with E-state index < -0.39 is 17.2 Å². The Balaban J connectivity index is 2.28. The van der Waals surface area contributed by atoms with Gasteiger partial charge in [0.05, 0.1) is 4.92 Å². The molecule has 0 bridgehead atoms. The van der Waals surface area contributed by atoms with E-state index in [-0.39, 0.29) is 5.75 Å². The van der Waals surface area contributed by atoms with Crippen LogP contribution in [0, 0.1) is 16.0 Å². The van der Waals surface area contributed by atoms with Crippen LogP contribution in [-0.4, -0.2) is 24.6 Å². The van der Waals surface area contributed by atoms with E-state index >= 15 is 0 Å². The van der Waals surface area contributed by atoms with Crippen LogP contribution in [0.3, 0.4) is 0 Å². The Bertz CT molecular complexity index is 497. The molecule has 7 heteroatoms. The third kappa shape index (κ3) is 3.34. The van der Waals surface area contributed by atoms with Gasteiger partial charge < -0.3 is 9.64 Å². The number of benzene rings is 1. The number of hydrogen-bond acceptors (Lipinski definition) is 4. The highest BCUT2D eigenvalue weighted by Gasteiger charge is 2.22. The van der Waals surface area contributed by atoms with Crippen LogP contribution < -0.4 is 9.64 Å². The fraction of sp³-hybridized carbons (Fsp3) is 0.538. The Hall–Kier alpha value is -1.92. The molecule has 0 amide bonds. The predicted octanol–water partition coefficient (Wildman–Crippen LogP) is 3.43. The monoisotopic (exact) mass is 286 g/mol. The van der Waals surface area contributed by atoms with Gasteiger partial charge in [0.15, 0.2) is 0 Å². The number of hydrogen-bond donors (Lipinski definition) is 0. The minimum Gasteiger partial charge on any atom is -0.427 e. The second kappa shape index (κ2) is 6.02. The van der Waals surface area contributed by atoms with Gasteiger partial charge >= 0.3 is 12.3 Å². The van der Waals surface area contributed by atoms with E-state index in [0.717, 1.165) is 25.9 Å². The molecule has 1 saturated heterocycles. The van der Waals surface area contributed by atoms with Gasteiger partial charge in [-0.05, 0) is 24.8 Å². The Kier molecular flexibility index (Phi) is 4.36. The summed E-state index contributed by atoms with van der Waals surface area (Å²) in [6.45, 7) is 0.667. The molecule has 1 aliphatic rings. The molecule has 1 aromatic rings. The van der Waals surface area contributed by atoms with E-state index in [1.165, 1.54) is 12.1 Å². The van der Waals surface area contributed by atoms with Gasteiger partial charge in [0.1, 0.15) is 0 Å². The molecule has 2 rings (SSSR count). The molecule has 1 unspecified atom stereocenters. The second-order valence-electron chi connectivity index (χ2n) is 4.98. The van der Waals surface area contributed by atoms with Crippen molar-refractivity contribution >= 4 is 11.4 Å². The number of alkyl halides is 2. The quantitative estimate of drug-likeness (QED) is 0.628. The molecule has 20 heavy (non-hydrogen) atoms. The van der Waals surface area contributed by atoms with Crippen LogP contribution >= 0.6 is 0 Å². The second-order valence-corrected chi connectivity index (χ2v) is 4.98. The van der Waals surface area contributed by atoms with Crippen molar-refractivity contribution in [2.24, 2.45) is 5.92 Å². The van der Waals surface area contributed by atoms with Crippen molar-refractivity contribution in [2.45, 2.75) is 26.4 Å². The standard InChI is InChI=1S/C13H16F2N2O3/c1-9-3-2-6-16(8-9)10-4-5-11(17(18)19)12(7-10)20-13(14)15/h4-5,7,9,13H,2-3,6,8H2,1H3. The Morgan fingerprint density at radius 2 is 2.25 bits per heavy atom. The Morgan fingerprint density at radius 3 is 2.85 bits per heavy atom. The summed E-state index contributed by atoms with van der Waals surface area (Å²) in [4.78, 5) is 12.1. The number of ether oxygens (including phenoxy) is 1. The zero-order valence-electron chi connectivity index (χ0n) is 11.1. The van der Waals surface area contributed by atoms with E-state index in [1.54, 1.807) is 6.07 Å². The largest absolute Gasteiger partial charge is 0.427 e. The molecule has 1 aliphatic heterocycles. The maximum Gasteiger partial charge on any atom is 0.387 e. The lowest BCUT2D eigenvalue weighted by Crippen LogP contribution is -2.34. The maximum absolute atomic E-state index is 12.3. The number of nitro groups is 1. The van der Waals surface area contributed by atoms with Gasteiger partial charge in [-0.2, -0.15) is 8.78 Å². The minimum absolute atomic E-state index is 0.388. The highest BCUT2D eigenvalue weighted by atomic mass is 19.3. The number of nitro benzene ring substituents is 1. The first-order valence-electron chi connectivity index (χ1n) is 6.45. The first kappa shape index (κ1) is 14.5. The zero-order chi connectivity index (χ0) is 14.7. The molecule has 1 heterocycles. The summed E-state index contributed by atoms with van der Waals surface area (Å²) in [5, 5.41) is 10.8. The van der Waals surface area contributed by atoms with Crippen molar-refractivity contribution in [3.8, 4) is 5.75 Å². The molecule has 1 atom stereocenters. The number of nitrogens with zero attached hydrogens (tertiary/aromatic N) is 2.